The Kier molecular flexibility index (Phi) is 1.89. The van der Waals surface area contributed by atoms with Crippen molar-refractivity contribution in [2.75, 3.05) is 14.1 Å². The van der Waals surface area contributed by atoms with E-state index in [9.17, 15) is 0 Å². The van der Waals surface area contributed by atoms with Crippen molar-refractivity contribution in [1.82, 2.24) is 4.90 Å². The number of benzene rings is 1. The molecule has 0 unspecified atom stereocenters. The molecule has 0 spiro atoms. The average molecular weight is 161 g/mol. The van der Waals surface area contributed by atoms with Crippen LogP contribution in [0, 0.1) is 0 Å². The predicted octanol–water partition coefficient (Wildman–Crippen LogP) is 2.10. The third-order valence-electron chi connectivity index (χ3n) is 2.65. The van der Waals surface area contributed by atoms with E-state index in [0.717, 1.165) is 12.0 Å². The van der Waals surface area contributed by atoms with Gasteiger partial charge in [-0.1, -0.05) is 30.3 Å². The first-order valence-corrected chi connectivity index (χ1v) is 4.50. The fourth-order valence-electron chi connectivity index (χ4n) is 1.81. The van der Waals surface area contributed by atoms with Crippen LogP contribution in [-0.2, 0) is 0 Å². The van der Waals surface area contributed by atoms with E-state index in [4.69, 9.17) is 0 Å². The molecule has 0 bridgehead atoms. The normalized spacial score (nSPS) is 27.6. The van der Waals surface area contributed by atoms with Gasteiger partial charge in [0, 0.05) is 12.0 Å². The lowest BCUT2D eigenvalue weighted by molar-refractivity contribution is 0.391. The van der Waals surface area contributed by atoms with E-state index >= 15 is 0 Å². The monoisotopic (exact) mass is 161 g/mol. The van der Waals surface area contributed by atoms with Crippen molar-refractivity contribution in [3.05, 3.63) is 35.9 Å². The standard InChI is InChI=1S/C11H15N/c1-12(2)11-8-10(11)9-6-4-3-5-7-9/h3-7,10-11H,8H2,1-2H3/t10-,11-/m1/s1. The molecular weight excluding hydrogens is 146 g/mol. The van der Waals surface area contributed by atoms with Gasteiger partial charge in [0.1, 0.15) is 0 Å². The predicted molar refractivity (Wildman–Crippen MR) is 51.3 cm³/mol. The molecule has 64 valence electrons. The van der Waals surface area contributed by atoms with Crippen molar-refractivity contribution in [3.63, 3.8) is 0 Å². The van der Waals surface area contributed by atoms with Crippen molar-refractivity contribution >= 4 is 0 Å². The molecule has 0 aliphatic heterocycles. The lowest BCUT2D eigenvalue weighted by atomic mass is 10.1. The van der Waals surface area contributed by atoms with E-state index in [1.807, 2.05) is 0 Å². The van der Waals surface area contributed by atoms with Gasteiger partial charge in [-0.3, -0.25) is 0 Å². The molecule has 2 atom stereocenters. The SMILES string of the molecule is CN(C)[C@@H]1C[C@@H]1c1ccccc1. The van der Waals surface area contributed by atoms with Gasteiger partial charge in [0.2, 0.25) is 0 Å². The maximum atomic E-state index is 2.32. The van der Waals surface area contributed by atoms with Gasteiger partial charge < -0.3 is 4.90 Å². The van der Waals surface area contributed by atoms with Crippen LogP contribution in [0.3, 0.4) is 0 Å². The van der Waals surface area contributed by atoms with Crippen LogP contribution < -0.4 is 0 Å². The highest BCUT2D eigenvalue weighted by Crippen LogP contribution is 2.43. The third kappa shape index (κ3) is 1.37. The Balaban J connectivity index is 2.06. The summed E-state index contributed by atoms with van der Waals surface area (Å²) in [5, 5.41) is 0. The van der Waals surface area contributed by atoms with Gasteiger partial charge in [-0.15, -0.1) is 0 Å². The van der Waals surface area contributed by atoms with Crippen LogP contribution in [0.2, 0.25) is 0 Å². The number of rotatable bonds is 2. The number of nitrogens with zero attached hydrogens (tertiary/aromatic N) is 1. The molecule has 1 aliphatic rings. The molecule has 0 aromatic heterocycles. The lowest BCUT2D eigenvalue weighted by Crippen LogP contribution is -2.15. The fraction of sp³-hybridized carbons (Fsp3) is 0.455. The van der Waals surface area contributed by atoms with E-state index < -0.39 is 0 Å². The Hall–Kier alpha value is -0.820. The molecule has 0 heterocycles. The number of hydrogen-bond donors (Lipinski definition) is 0. The van der Waals surface area contributed by atoms with Crippen molar-refractivity contribution in [3.8, 4) is 0 Å². The Morgan fingerprint density at radius 3 is 2.33 bits per heavy atom. The van der Waals surface area contributed by atoms with Crippen LogP contribution in [0.25, 0.3) is 0 Å². The molecule has 1 saturated carbocycles. The maximum Gasteiger partial charge on any atom is 0.0165 e. The highest BCUT2D eigenvalue weighted by atomic mass is 15.1. The zero-order chi connectivity index (χ0) is 8.55. The van der Waals surface area contributed by atoms with E-state index in [1.54, 1.807) is 0 Å². The molecule has 1 aromatic rings. The number of hydrogen-bond acceptors (Lipinski definition) is 1. The van der Waals surface area contributed by atoms with E-state index in [2.05, 4.69) is 49.3 Å². The first-order chi connectivity index (χ1) is 5.79. The second-order valence-electron chi connectivity index (χ2n) is 3.78. The highest BCUT2D eigenvalue weighted by Gasteiger charge is 2.39. The molecule has 1 aromatic carbocycles. The van der Waals surface area contributed by atoms with Crippen molar-refractivity contribution < 1.29 is 0 Å². The first kappa shape index (κ1) is 7.81. The second kappa shape index (κ2) is 2.91. The zero-order valence-corrected chi connectivity index (χ0v) is 7.70. The van der Waals surface area contributed by atoms with Gasteiger partial charge in [0.05, 0.1) is 0 Å². The van der Waals surface area contributed by atoms with Crippen LogP contribution in [0.1, 0.15) is 17.9 Å². The van der Waals surface area contributed by atoms with Crippen LogP contribution in [0.15, 0.2) is 30.3 Å². The van der Waals surface area contributed by atoms with Crippen LogP contribution in [0.4, 0.5) is 0 Å². The van der Waals surface area contributed by atoms with Crippen LogP contribution >= 0.6 is 0 Å². The molecule has 12 heavy (non-hydrogen) atoms. The summed E-state index contributed by atoms with van der Waals surface area (Å²) in [6.07, 6.45) is 1.33. The van der Waals surface area contributed by atoms with Gasteiger partial charge in [-0.2, -0.15) is 0 Å². The van der Waals surface area contributed by atoms with Crippen molar-refractivity contribution in [1.29, 1.82) is 0 Å². The van der Waals surface area contributed by atoms with Gasteiger partial charge in [0.25, 0.3) is 0 Å². The molecule has 1 nitrogen and oxygen atoms in total. The average Bonchev–Trinajstić information content (AvgIpc) is 2.84. The van der Waals surface area contributed by atoms with E-state index in [0.29, 0.717) is 0 Å². The van der Waals surface area contributed by atoms with Gasteiger partial charge >= 0.3 is 0 Å². The molecule has 1 heteroatoms. The second-order valence-corrected chi connectivity index (χ2v) is 3.78. The van der Waals surface area contributed by atoms with E-state index in [1.165, 1.54) is 12.0 Å². The summed E-state index contributed by atoms with van der Waals surface area (Å²) in [7, 11) is 4.32. The largest absolute Gasteiger partial charge is 0.306 e. The van der Waals surface area contributed by atoms with Gasteiger partial charge in [-0.25, -0.2) is 0 Å². The Morgan fingerprint density at radius 2 is 1.83 bits per heavy atom. The maximum absolute atomic E-state index is 2.32. The minimum absolute atomic E-state index is 0.785. The third-order valence-corrected chi connectivity index (χ3v) is 2.65. The summed E-state index contributed by atoms with van der Waals surface area (Å²) in [5.74, 6) is 0.793. The summed E-state index contributed by atoms with van der Waals surface area (Å²) in [6.45, 7) is 0. The van der Waals surface area contributed by atoms with Crippen LogP contribution in [0.5, 0.6) is 0 Å². The summed E-state index contributed by atoms with van der Waals surface area (Å²) in [5.41, 5.74) is 1.50. The van der Waals surface area contributed by atoms with Crippen molar-refractivity contribution in [2.45, 2.75) is 18.4 Å². The summed E-state index contributed by atoms with van der Waals surface area (Å²) < 4.78 is 0. The Bertz CT molecular complexity index is 253. The van der Waals surface area contributed by atoms with Crippen molar-refractivity contribution in [2.24, 2.45) is 0 Å². The quantitative estimate of drug-likeness (QED) is 0.642. The highest BCUT2D eigenvalue weighted by molar-refractivity contribution is 5.27. The molecule has 0 N–H and O–H groups in total. The first-order valence-electron chi connectivity index (χ1n) is 4.50. The molecule has 0 radical (unpaired) electrons. The molecule has 0 amide bonds. The summed E-state index contributed by atoms with van der Waals surface area (Å²) >= 11 is 0. The fourth-order valence-corrected chi connectivity index (χ4v) is 1.81. The smallest absolute Gasteiger partial charge is 0.0165 e. The minimum Gasteiger partial charge on any atom is -0.306 e. The zero-order valence-electron chi connectivity index (χ0n) is 7.70. The lowest BCUT2D eigenvalue weighted by Gasteiger charge is -2.08. The molecule has 0 saturated heterocycles. The minimum atomic E-state index is 0.785. The van der Waals surface area contributed by atoms with E-state index in [-0.39, 0.29) is 0 Å². The molecule has 2 rings (SSSR count). The van der Waals surface area contributed by atoms with Crippen LogP contribution in [-0.4, -0.2) is 25.0 Å². The molecule has 1 fully saturated rings. The topological polar surface area (TPSA) is 3.24 Å². The summed E-state index contributed by atoms with van der Waals surface area (Å²) in [6, 6.07) is 11.6. The van der Waals surface area contributed by atoms with Gasteiger partial charge in [0.15, 0.2) is 0 Å². The summed E-state index contributed by atoms with van der Waals surface area (Å²) in [4.78, 5) is 2.32. The van der Waals surface area contributed by atoms with Gasteiger partial charge in [-0.05, 0) is 26.1 Å². The number of likely N-dealkylation sites (N-methyl/N-ethyl adjacent to an activating group) is 1. The molecule has 1 aliphatic carbocycles. The Labute approximate surface area is 74.0 Å². The molecular formula is C11H15N. The Morgan fingerprint density at radius 1 is 1.17 bits per heavy atom.